The average Bonchev–Trinajstić information content (AvgIpc) is 2.56. The van der Waals surface area contributed by atoms with Crippen LogP contribution in [0.1, 0.15) is 27.2 Å². The lowest BCUT2D eigenvalue weighted by atomic mass is 10.0. The zero-order chi connectivity index (χ0) is 12.3. The summed E-state index contributed by atoms with van der Waals surface area (Å²) in [5.41, 5.74) is 0. The largest absolute Gasteiger partial charge is 0.481 e. The van der Waals surface area contributed by atoms with Crippen molar-refractivity contribution in [1.82, 2.24) is 4.90 Å². The van der Waals surface area contributed by atoms with Gasteiger partial charge < -0.3 is 14.7 Å². The lowest BCUT2D eigenvalue weighted by molar-refractivity contribution is -0.144. The number of carbonyl (C=O) groups excluding carboxylic acids is 1. The predicted octanol–water partition coefficient (Wildman–Crippen LogP) is 0.733. The van der Waals surface area contributed by atoms with Gasteiger partial charge in [-0.25, -0.2) is 0 Å². The number of ether oxygens (including phenoxy) is 1. The second-order valence-electron chi connectivity index (χ2n) is 4.42. The quantitative estimate of drug-likeness (QED) is 0.771. The number of aliphatic carboxylic acids is 1. The molecule has 2 atom stereocenters. The van der Waals surface area contributed by atoms with Gasteiger partial charge in [-0.15, -0.1) is 0 Å². The minimum Gasteiger partial charge on any atom is -0.481 e. The van der Waals surface area contributed by atoms with E-state index in [1.165, 1.54) is 0 Å². The van der Waals surface area contributed by atoms with E-state index in [1.54, 1.807) is 11.8 Å². The van der Waals surface area contributed by atoms with Crippen LogP contribution in [0.25, 0.3) is 0 Å². The summed E-state index contributed by atoms with van der Waals surface area (Å²) < 4.78 is 5.22. The molecule has 0 radical (unpaired) electrons. The van der Waals surface area contributed by atoms with Gasteiger partial charge in [0.2, 0.25) is 5.91 Å². The van der Waals surface area contributed by atoms with Crippen LogP contribution >= 0.6 is 0 Å². The van der Waals surface area contributed by atoms with Gasteiger partial charge in [0.25, 0.3) is 0 Å². The van der Waals surface area contributed by atoms with E-state index in [9.17, 15) is 9.59 Å². The van der Waals surface area contributed by atoms with Crippen molar-refractivity contribution in [1.29, 1.82) is 0 Å². The van der Waals surface area contributed by atoms with Crippen LogP contribution in [0.3, 0.4) is 0 Å². The molecule has 2 unspecified atom stereocenters. The van der Waals surface area contributed by atoms with Crippen LogP contribution in [0.2, 0.25) is 0 Å². The summed E-state index contributed by atoms with van der Waals surface area (Å²) in [5.74, 6) is -1.39. The molecule has 92 valence electrons. The van der Waals surface area contributed by atoms with Crippen LogP contribution in [0, 0.1) is 5.92 Å². The summed E-state index contributed by atoms with van der Waals surface area (Å²) in [6.07, 6.45) is 0.543. The summed E-state index contributed by atoms with van der Waals surface area (Å²) in [5, 5.41) is 8.93. The van der Waals surface area contributed by atoms with E-state index >= 15 is 0 Å². The molecule has 1 saturated heterocycles. The van der Waals surface area contributed by atoms with Gasteiger partial charge >= 0.3 is 5.97 Å². The summed E-state index contributed by atoms with van der Waals surface area (Å²) in [4.78, 5) is 24.2. The molecule has 0 spiro atoms. The Morgan fingerprint density at radius 3 is 2.56 bits per heavy atom. The highest BCUT2D eigenvalue weighted by Gasteiger charge is 2.37. The molecule has 5 heteroatoms. The van der Waals surface area contributed by atoms with Gasteiger partial charge in [-0.2, -0.15) is 0 Å². The zero-order valence-electron chi connectivity index (χ0n) is 9.97. The maximum atomic E-state index is 11.7. The van der Waals surface area contributed by atoms with E-state index < -0.39 is 11.9 Å². The van der Waals surface area contributed by atoms with Gasteiger partial charge in [-0.1, -0.05) is 0 Å². The second-order valence-corrected chi connectivity index (χ2v) is 4.42. The fourth-order valence-corrected chi connectivity index (χ4v) is 1.94. The van der Waals surface area contributed by atoms with Crippen LogP contribution in [0.5, 0.6) is 0 Å². The van der Waals surface area contributed by atoms with Gasteiger partial charge in [0.15, 0.2) is 0 Å². The fourth-order valence-electron chi connectivity index (χ4n) is 1.94. The SMILES string of the molecule is CC(C)OCC(=O)N1CCC(C(=O)O)C1C. The Hall–Kier alpha value is -1.10. The monoisotopic (exact) mass is 229 g/mol. The number of nitrogens with zero attached hydrogens (tertiary/aromatic N) is 1. The Bertz CT molecular complexity index is 277. The molecule has 1 fully saturated rings. The first-order valence-electron chi connectivity index (χ1n) is 5.57. The zero-order valence-corrected chi connectivity index (χ0v) is 9.97. The number of carboxylic acids is 1. The molecule has 1 aliphatic heterocycles. The molecule has 16 heavy (non-hydrogen) atoms. The van der Waals surface area contributed by atoms with Crippen LogP contribution in [0.15, 0.2) is 0 Å². The number of hydrogen-bond donors (Lipinski definition) is 1. The second kappa shape index (κ2) is 5.30. The van der Waals surface area contributed by atoms with Crippen LogP contribution in [-0.4, -0.2) is 47.2 Å². The van der Waals surface area contributed by atoms with Crippen molar-refractivity contribution in [2.75, 3.05) is 13.2 Å². The Labute approximate surface area is 95.4 Å². The molecule has 1 heterocycles. The molecule has 0 aromatic rings. The van der Waals surface area contributed by atoms with Gasteiger partial charge in [0.1, 0.15) is 6.61 Å². The first-order valence-corrected chi connectivity index (χ1v) is 5.57. The Balaban J connectivity index is 2.49. The molecule has 0 aromatic carbocycles. The van der Waals surface area contributed by atoms with Crippen LogP contribution in [-0.2, 0) is 14.3 Å². The Morgan fingerprint density at radius 2 is 2.12 bits per heavy atom. The molecule has 1 N–H and O–H groups in total. The summed E-state index contributed by atoms with van der Waals surface area (Å²) in [6.45, 7) is 6.05. The third kappa shape index (κ3) is 2.95. The highest BCUT2D eigenvalue weighted by molar-refractivity contribution is 5.80. The van der Waals surface area contributed by atoms with Crippen LogP contribution < -0.4 is 0 Å². The van der Waals surface area contributed by atoms with Crippen molar-refractivity contribution >= 4 is 11.9 Å². The number of amides is 1. The number of hydrogen-bond acceptors (Lipinski definition) is 3. The molecule has 0 aliphatic carbocycles. The van der Waals surface area contributed by atoms with E-state index in [-0.39, 0.29) is 24.7 Å². The first kappa shape index (κ1) is 13.0. The van der Waals surface area contributed by atoms with Gasteiger partial charge in [-0.05, 0) is 27.2 Å². The Kier molecular flexibility index (Phi) is 4.29. The fraction of sp³-hybridized carbons (Fsp3) is 0.818. The van der Waals surface area contributed by atoms with Gasteiger partial charge in [0, 0.05) is 12.6 Å². The Morgan fingerprint density at radius 1 is 1.50 bits per heavy atom. The minimum absolute atomic E-state index is 0.0112. The third-order valence-corrected chi connectivity index (χ3v) is 2.93. The van der Waals surface area contributed by atoms with E-state index in [1.807, 2.05) is 13.8 Å². The molecular weight excluding hydrogens is 210 g/mol. The van der Waals surface area contributed by atoms with E-state index in [4.69, 9.17) is 9.84 Å². The van der Waals surface area contributed by atoms with E-state index in [0.717, 1.165) is 0 Å². The average molecular weight is 229 g/mol. The molecule has 5 nitrogen and oxygen atoms in total. The molecule has 1 aliphatic rings. The lowest BCUT2D eigenvalue weighted by Gasteiger charge is -2.23. The lowest BCUT2D eigenvalue weighted by Crippen LogP contribution is -2.40. The number of rotatable bonds is 4. The highest BCUT2D eigenvalue weighted by atomic mass is 16.5. The van der Waals surface area contributed by atoms with Gasteiger partial charge in [0.05, 0.1) is 12.0 Å². The molecule has 1 amide bonds. The van der Waals surface area contributed by atoms with E-state index in [0.29, 0.717) is 13.0 Å². The third-order valence-electron chi connectivity index (χ3n) is 2.93. The van der Waals surface area contributed by atoms with E-state index in [2.05, 4.69) is 0 Å². The highest BCUT2D eigenvalue weighted by Crippen LogP contribution is 2.24. The summed E-state index contributed by atoms with van der Waals surface area (Å²) in [6, 6.07) is -0.235. The maximum absolute atomic E-state index is 11.7. The molecular formula is C11H19NO4. The standard InChI is InChI=1S/C11H19NO4/c1-7(2)16-6-10(13)12-5-4-9(8(12)3)11(14)15/h7-9H,4-6H2,1-3H3,(H,14,15). The topological polar surface area (TPSA) is 66.8 Å². The van der Waals surface area contributed by atoms with Crippen LogP contribution in [0.4, 0.5) is 0 Å². The minimum atomic E-state index is -0.826. The smallest absolute Gasteiger partial charge is 0.308 e. The molecule has 0 saturated carbocycles. The molecule has 1 rings (SSSR count). The van der Waals surface area contributed by atoms with Crippen molar-refractivity contribution in [2.24, 2.45) is 5.92 Å². The normalized spacial score (nSPS) is 25.1. The van der Waals surface area contributed by atoms with Crippen molar-refractivity contribution in [3.8, 4) is 0 Å². The van der Waals surface area contributed by atoms with Crippen molar-refractivity contribution in [3.63, 3.8) is 0 Å². The van der Waals surface area contributed by atoms with Crippen molar-refractivity contribution in [2.45, 2.75) is 39.3 Å². The summed E-state index contributed by atoms with van der Waals surface area (Å²) >= 11 is 0. The number of carbonyl (C=O) groups is 2. The predicted molar refractivity (Wildman–Crippen MR) is 58.0 cm³/mol. The molecule has 0 bridgehead atoms. The first-order chi connectivity index (χ1) is 7.43. The van der Waals surface area contributed by atoms with Crippen molar-refractivity contribution in [3.05, 3.63) is 0 Å². The number of likely N-dealkylation sites (tertiary alicyclic amines) is 1. The van der Waals surface area contributed by atoms with Crippen molar-refractivity contribution < 1.29 is 19.4 Å². The summed E-state index contributed by atoms with van der Waals surface area (Å²) in [7, 11) is 0. The van der Waals surface area contributed by atoms with Gasteiger partial charge in [-0.3, -0.25) is 9.59 Å². The maximum Gasteiger partial charge on any atom is 0.308 e. The number of carboxylic acid groups (broad SMARTS) is 1. The molecule has 0 aromatic heterocycles.